The van der Waals surface area contributed by atoms with E-state index in [9.17, 15) is 21.6 Å². The molecule has 0 radical (unpaired) electrons. The third-order valence-corrected chi connectivity index (χ3v) is 8.81. The maximum Gasteiger partial charge on any atom is 0.266 e. The first-order valence-electron chi connectivity index (χ1n) is 9.37. The molecule has 4 nitrogen and oxygen atoms in total. The highest BCUT2D eigenvalue weighted by atomic mass is 32.2. The first kappa shape index (κ1) is 18.4. The summed E-state index contributed by atoms with van der Waals surface area (Å²) in [6, 6.07) is 0.577. The SMILES string of the molecule is O=S(=O)(Nc1nc(C23CC4CC(CC(C4)C2)C3)cs1)c1cc(F)c(F)cc1F. The summed E-state index contributed by atoms with van der Waals surface area (Å²) in [5.74, 6) is -2.02. The van der Waals surface area contributed by atoms with Crippen LogP contribution in [0, 0.1) is 35.2 Å². The second kappa shape index (κ2) is 6.19. The van der Waals surface area contributed by atoms with Gasteiger partial charge in [-0.05, 0) is 56.3 Å². The molecular weight excluding hydrogens is 409 g/mol. The van der Waals surface area contributed by atoms with E-state index in [1.807, 2.05) is 5.38 Å². The van der Waals surface area contributed by atoms with Crippen LogP contribution < -0.4 is 4.72 Å². The zero-order valence-corrected chi connectivity index (χ0v) is 16.6. The van der Waals surface area contributed by atoms with Gasteiger partial charge in [0.1, 0.15) is 10.7 Å². The fourth-order valence-electron chi connectivity index (χ4n) is 5.87. The van der Waals surface area contributed by atoms with Crippen molar-refractivity contribution in [1.29, 1.82) is 0 Å². The molecule has 4 aliphatic carbocycles. The molecule has 4 fully saturated rings. The third-order valence-electron chi connectivity index (χ3n) is 6.57. The number of nitrogens with one attached hydrogen (secondary N) is 1. The summed E-state index contributed by atoms with van der Waals surface area (Å²) in [5, 5.41) is 2.00. The van der Waals surface area contributed by atoms with E-state index in [2.05, 4.69) is 9.71 Å². The molecule has 1 N–H and O–H groups in total. The van der Waals surface area contributed by atoms with Crippen LogP contribution in [0.15, 0.2) is 22.4 Å². The van der Waals surface area contributed by atoms with E-state index in [-0.39, 0.29) is 16.6 Å². The molecule has 0 aliphatic heterocycles. The van der Waals surface area contributed by atoms with Crippen molar-refractivity contribution in [3.8, 4) is 0 Å². The summed E-state index contributed by atoms with van der Waals surface area (Å²) < 4.78 is 67.6. The fourth-order valence-corrected chi connectivity index (χ4v) is 8.03. The Morgan fingerprint density at radius 1 is 0.964 bits per heavy atom. The lowest BCUT2D eigenvalue weighted by Gasteiger charge is -2.56. The summed E-state index contributed by atoms with van der Waals surface area (Å²) in [6.07, 6.45) is 7.14. The molecule has 1 aromatic heterocycles. The molecule has 1 aromatic carbocycles. The Balaban J connectivity index is 1.42. The summed E-state index contributed by atoms with van der Waals surface area (Å²) in [7, 11) is -4.41. The van der Waals surface area contributed by atoms with E-state index in [4.69, 9.17) is 0 Å². The number of halogens is 3. The Kier molecular flexibility index (Phi) is 4.07. The Morgan fingerprint density at radius 3 is 2.14 bits per heavy atom. The lowest BCUT2D eigenvalue weighted by atomic mass is 9.49. The van der Waals surface area contributed by atoms with Gasteiger partial charge in [0, 0.05) is 22.9 Å². The van der Waals surface area contributed by atoms with E-state index in [0.717, 1.165) is 54.0 Å². The Hall–Kier alpha value is -1.61. The zero-order chi connectivity index (χ0) is 19.7. The molecule has 0 amide bonds. The van der Waals surface area contributed by atoms with Crippen molar-refractivity contribution in [3.05, 3.63) is 40.7 Å². The number of nitrogens with zero attached hydrogens (tertiary/aromatic N) is 1. The van der Waals surface area contributed by atoms with Gasteiger partial charge < -0.3 is 0 Å². The first-order valence-corrected chi connectivity index (χ1v) is 11.7. The van der Waals surface area contributed by atoms with Crippen molar-refractivity contribution in [1.82, 2.24) is 4.98 Å². The molecule has 6 rings (SSSR count). The van der Waals surface area contributed by atoms with E-state index in [1.165, 1.54) is 19.3 Å². The molecule has 0 atom stereocenters. The highest BCUT2D eigenvalue weighted by molar-refractivity contribution is 7.93. The van der Waals surface area contributed by atoms with E-state index >= 15 is 0 Å². The van der Waals surface area contributed by atoms with Crippen molar-refractivity contribution < 1.29 is 21.6 Å². The van der Waals surface area contributed by atoms with Gasteiger partial charge in [-0.3, -0.25) is 4.72 Å². The monoisotopic (exact) mass is 428 g/mol. The van der Waals surface area contributed by atoms with Gasteiger partial charge in [0.15, 0.2) is 16.8 Å². The second-order valence-electron chi connectivity index (χ2n) is 8.54. The molecule has 0 spiro atoms. The van der Waals surface area contributed by atoms with Gasteiger partial charge in [0.05, 0.1) is 5.69 Å². The molecule has 4 aliphatic rings. The molecule has 9 heteroatoms. The number of hydrogen-bond donors (Lipinski definition) is 1. The second-order valence-corrected chi connectivity index (χ2v) is 11.0. The lowest BCUT2D eigenvalue weighted by Crippen LogP contribution is -2.48. The van der Waals surface area contributed by atoms with Gasteiger partial charge in [0.2, 0.25) is 0 Å². The van der Waals surface area contributed by atoms with Crippen molar-refractivity contribution in [2.24, 2.45) is 17.8 Å². The molecule has 150 valence electrons. The van der Waals surface area contributed by atoms with E-state index in [1.54, 1.807) is 0 Å². The largest absolute Gasteiger partial charge is 0.266 e. The summed E-state index contributed by atoms with van der Waals surface area (Å²) in [5.41, 5.74) is 0.919. The number of rotatable bonds is 4. The molecule has 28 heavy (non-hydrogen) atoms. The summed E-state index contributed by atoms with van der Waals surface area (Å²) >= 11 is 1.14. The molecule has 4 saturated carbocycles. The average Bonchev–Trinajstić information content (AvgIpc) is 3.05. The Morgan fingerprint density at radius 2 is 1.54 bits per heavy atom. The first-order chi connectivity index (χ1) is 13.2. The van der Waals surface area contributed by atoms with Crippen molar-refractivity contribution in [2.75, 3.05) is 4.72 Å². The molecular formula is C19H19F3N2O2S2. The van der Waals surface area contributed by atoms with E-state index < -0.39 is 32.4 Å². The fraction of sp³-hybridized carbons (Fsp3) is 0.526. The zero-order valence-electron chi connectivity index (χ0n) is 14.9. The topological polar surface area (TPSA) is 59.1 Å². The number of anilines is 1. The van der Waals surface area contributed by atoms with E-state index in [0.29, 0.717) is 6.07 Å². The molecule has 0 saturated heterocycles. The minimum atomic E-state index is -4.41. The van der Waals surface area contributed by atoms with Crippen LogP contribution in [0.25, 0.3) is 0 Å². The van der Waals surface area contributed by atoms with Crippen molar-refractivity contribution in [2.45, 2.75) is 48.8 Å². The van der Waals surface area contributed by atoms with Crippen LogP contribution >= 0.6 is 11.3 Å². The van der Waals surface area contributed by atoms with Gasteiger partial charge in [0.25, 0.3) is 10.0 Å². The summed E-state index contributed by atoms with van der Waals surface area (Å²) in [4.78, 5) is 3.59. The number of thiazole rings is 1. The smallest absolute Gasteiger partial charge is 0.255 e. The highest BCUT2D eigenvalue weighted by Crippen LogP contribution is 2.60. The van der Waals surface area contributed by atoms with Gasteiger partial charge >= 0.3 is 0 Å². The Labute approximate surface area is 165 Å². The van der Waals surface area contributed by atoms with Crippen molar-refractivity contribution in [3.63, 3.8) is 0 Å². The lowest BCUT2D eigenvalue weighted by molar-refractivity contribution is -0.00688. The van der Waals surface area contributed by atoms with Crippen LogP contribution in [-0.2, 0) is 15.4 Å². The standard InChI is InChI=1S/C19H19F3N2O2S2/c20-13-4-15(22)16(5-14(13)21)28(25,26)24-18-23-17(9-27-18)19-6-10-1-11(7-19)3-12(2-10)8-19/h4-5,9-12H,1-3,6-8H2,(H,23,24). The third kappa shape index (κ3) is 2.94. The van der Waals surface area contributed by atoms with Gasteiger partial charge in [-0.15, -0.1) is 11.3 Å². The van der Waals surface area contributed by atoms with Crippen LogP contribution in [0.3, 0.4) is 0 Å². The van der Waals surface area contributed by atoms with Crippen LogP contribution in [0.1, 0.15) is 44.2 Å². The van der Waals surface area contributed by atoms with Crippen LogP contribution in [0.5, 0.6) is 0 Å². The van der Waals surface area contributed by atoms with Gasteiger partial charge in [-0.1, -0.05) is 0 Å². The normalized spacial score (nSPS) is 31.3. The molecule has 0 unspecified atom stereocenters. The van der Waals surface area contributed by atoms with Crippen LogP contribution in [-0.4, -0.2) is 13.4 Å². The molecule has 1 heterocycles. The van der Waals surface area contributed by atoms with Crippen LogP contribution in [0.2, 0.25) is 0 Å². The van der Waals surface area contributed by atoms with Gasteiger partial charge in [-0.25, -0.2) is 26.6 Å². The Bertz CT molecular complexity index is 1020. The predicted molar refractivity (Wildman–Crippen MR) is 99.1 cm³/mol. The molecule has 2 aromatic rings. The molecule has 4 bridgehead atoms. The highest BCUT2D eigenvalue weighted by Gasteiger charge is 2.52. The van der Waals surface area contributed by atoms with Crippen LogP contribution in [0.4, 0.5) is 18.3 Å². The number of hydrogen-bond acceptors (Lipinski definition) is 4. The maximum atomic E-state index is 13.9. The number of sulfonamides is 1. The minimum Gasteiger partial charge on any atom is -0.255 e. The van der Waals surface area contributed by atoms with Crippen molar-refractivity contribution >= 4 is 26.5 Å². The maximum absolute atomic E-state index is 13.9. The average molecular weight is 429 g/mol. The quantitative estimate of drug-likeness (QED) is 0.710. The minimum absolute atomic E-state index is 0.0160. The predicted octanol–water partition coefficient (Wildman–Crippen LogP) is 4.83. The summed E-state index contributed by atoms with van der Waals surface area (Å²) in [6.45, 7) is 0. The number of aromatic nitrogens is 1. The van der Waals surface area contributed by atoms with Gasteiger partial charge in [-0.2, -0.15) is 0 Å². The number of benzene rings is 1.